The molecule has 1 aliphatic heterocycles. The third-order valence-electron chi connectivity index (χ3n) is 5.50. The second-order valence-corrected chi connectivity index (χ2v) is 7.02. The van der Waals surface area contributed by atoms with E-state index in [1.807, 2.05) is 59.6 Å². The first kappa shape index (κ1) is 17.2. The predicted molar refractivity (Wildman–Crippen MR) is 101 cm³/mol. The van der Waals surface area contributed by atoms with E-state index in [0.717, 1.165) is 22.0 Å². The molecule has 0 spiro atoms. The van der Waals surface area contributed by atoms with Crippen LogP contribution in [0.2, 0.25) is 0 Å². The number of nitrogens with one attached hydrogen (secondary N) is 1. The summed E-state index contributed by atoms with van der Waals surface area (Å²) in [6, 6.07) is 17.3. The van der Waals surface area contributed by atoms with Gasteiger partial charge in [-0.15, -0.1) is 0 Å². The van der Waals surface area contributed by atoms with Crippen LogP contribution >= 0.6 is 0 Å². The second kappa shape index (κ2) is 7.21. The Bertz CT molecular complexity index is 864. The molecule has 4 atom stereocenters. The predicted octanol–water partition coefficient (Wildman–Crippen LogP) is 1.68. The molecule has 5 heteroatoms. The van der Waals surface area contributed by atoms with Crippen molar-refractivity contribution in [1.29, 1.82) is 0 Å². The highest BCUT2D eigenvalue weighted by Gasteiger charge is 2.46. The number of hydrogen-bond donors (Lipinski definition) is 4. The van der Waals surface area contributed by atoms with Gasteiger partial charge in [-0.25, -0.2) is 0 Å². The number of H-pyrrole nitrogens is 1. The van der Waals surface area contributed by atoms with Gasteiger partial charge in [-0.3, -0.25) is 4.90 Å². The van der Waals surface area contributed by atoms with Gasteiger partial charge in [0.1, 0.15) is 0 Å². The zero-order valence-corrected chi connectivity index (χ0v) is 14.5. The number of benzene rings is 2. The molecule has 4 rings (SSSR count). The van der Waals surface area contributed by atoms with Crippen molar-refractivity contribution in [2.24, 2.45) is 0 Å². The van der Waals surface area contributed by atoms with E-state index in [1.165, 1.54) is 0 Å². The largest absolute Gasteiger partial charge is 0.395 e. The smallest absolute Gasteiger partial charge is 0.0991 e. The molecule has 1 fully saturated rings. The van der Waals surface area contributed by atoms with Crippen LogP contribution in [0.5, 0.6) is 0 Å². The number of nitrogens with zero attached hydrogens (tertiary/aromatic N) is 1. The van der Waals surface area contributed by atoms with Crippen LogP contribution in [0, 0.1) is 0 Å². The highest BCUT2D eigenvalue weighted by Crippen LogP contribution is 2.31. The number of rotatable bonds is 5. The average Bonchev–Trinajstić information content (AvgIpc) is 3.23. The molecule has 2 heterocycles. The molecule has 1 aliphatic rings. The summed E-state index contributed by atoms with van der Waals surface area (Å²) in [6.45, 7) is 0.374. The van der Waals surface area contributed by atoms with Crippen molar-refractivity contribution in [2.75, 3.05) is 6.61 Å². The summed E-state index contributed by atoms with van der Waals surface area (Å²) in [7, 11) is 0. The van der Waals surface area contributed by atoms with Crippen LogP contribution in [0.1, 0.15) is 11.1 Å². The third kappa shape index (κ3) is 3.04. The fourth-order valence-corrected chi connectivity index (χ4v) is 4.12. The van der Waals surface area contributed by atoms with E-state index in [0.29, 0.717) is 13.0 Å². The maximum absolute atomic E-state index is 10.6. The highest BCUT2D eigenvalue weighted by molar-refractivity contribution is 5.82. The lowest BCUT2D eigenvalue weighted by atomic mass is 10.0. The van der Waals surface area contributed by atoms with Crippen molar-refractivity contribution in [2.45, 2.75) is 37.3 Å². The van der Waals surface area contributed by atoms with Crippen LogP contribution in [0.4, 0.5) is 0 Å². The van der Waals surface area contributed by atoms with E-state index in [2.05, 4.69) is 11.1 Å². The summed E-state index contributed by atoms with van der Waals surface area (Å²) in [5.74, 6) is 0. The van der Waals surface area contributed by atoms with Crippen LogP contribution in [0.15, 0.2) is 60.8 Å². The molecule has 0 saturated carbocycles. The minimum absolute atomic E-state index is 0.188. The van der Waals surface area contributed by atoms with Gasteiger partial charge >= 0.3 is 0 Å². The summed E-state index contributed by atoms with van der Waals surface area (Å²) >= 11 is 0. The van der Waals surface area contributed by atoms with Crippen LogP contribution in [0.3, 0.4) is 0 Å². The van der Waals surface area contributed by atoms with Crippen LogP contribution in [0.25, 0.3) is 10.9 Å². The van der Waals surface area contributed by atoms with Crippen LogP contribution in [-0.2, 0) is 13.0 Å². The molecule has 0 amide bonds. The van der Waals surface area contributed by atoms with Gasteiger partial charge in [0, 0.05) is 29.7 Å². The lowest BCUT2D eigenvalue weighted by Gasteiger charge is -2.30. The van der Waals surface area contributed by atoms with Gasteiger partial charge in [-0.05, 0) is 29.7 Å². The molecular weight excluding hydrogens is 328 g/mol. The van der Waals surface area contributed by atoms with E-state index in [9.17, 15) is 15.3 Å². The summed E-state index contributed by atoms with van der Waals surface area (Å²) in [5.41, 5.74) is 3.27. The number of hydrogen-bond acceptors (Lipinski definition) is 4. The maximum Gasteiger partial charge on any atom is 0.0991 e. The van der Waals surface area contributed by atoms with Gasteiger partial charge in [0.25, 0.3) is 0 Å². The summed E-state index contributed by atoms with van der Waals surface area (Å²) in [5, 5.41) is 32.1. The third-order valence-corrected chi connectivity index (χ3v) is 5.50. The molecule has 0 bridgehead atoms. The lowest BCUT2D eigenvalue weighted by Crippen LogP contribution is -2.41. The molecule has 136 valence electrons. The Morgan fingerprint density at radius 2 is 1.65 bits per heavy atom. The lowest BCUT2D eigenvalue weighted by molar-refractivity contribution is 0.0178. The normalized spacial score (nSPS) is 26.6. The van der Waals surface area contributed by atoms with Gasteiger partial charge in [0.05, 0.1) is 24.9 Å². The molecule has 26 heavy (non-hydrogen) atoms. The molecule has 1 saturated heterocycles. The van der Waals surface area contributed by atoms with E-state index in [-0.39, 0.29) is 12.6 Å². The van der Waals surface area contributed by atoms with Crippen molar-refractivity contribution < 1.29 is 15.3 Å². The maximum atomic E-state index is 10.6. The molecular formula is C21H24N2O3. The second-order valence-electron chi connectivity index (χ2n) is 7.02. The van der Waals surface area contributed by atoms with Gasteiger partial charge in [0.2, 0.25) is 0 Å². The van der Waals surface area contributed by atoms with Crippen molar-refractivity contribution in [1.82, 2.24) is 9.88 Å². The van der Waals surface area contributed by atoms with E-state index < -0.39 is 18.2 Å². The van der Waals surface area contributed by atoms with E-state index in [1.54, 1.807) is 0 Å². The fraction of sp³-hybridized carbons (Fsp3) is 0.333. The molecule has 0 unspecified atom stereocenters. The number of aliphatic hydroxyl groups excluding tert-OH is 3. The number of fused-ring (bicyclic) bond motifs is 1. The standard InChI is InChI=1S/C21H24N2O3/c24-13-19-21(26)20(25)18(11-14-5-2-1-3-6-14)23(19)12-15-7-4-8-17-16(15)9-10-22-17/h1-10,18-22,24-26H,11-13H2/t18-,19+,20-,21+/m0/s1. The average molecular weight is 352 g/mol. The van der Waals surface area contributed by atoms with Gasteiger partial charge in [-0.1, -0.05) is 42.5 Å². The number of likely N-dealkylation sites (tertiary alicyclic amines) is 1. The minimum Gasteiger partial charge on any atom is -0.395 e. The highest BCUT2D eigenvalue weighted by atomic mass is 16.3. The number of aliphatic hydroxyl groups is 3. The summed E-state index contributed by atoms with van der Waals surface area (Å²) in [6.07, 6.45) is 0.683. The van der Waals surface area contributed by atoms with Crippen molar-refractivity contribution in [3.05, 3.63) is 71.9 Å². The summed E-state index contributed by atoms with van der Waals surface area (Å²) < 4.78 is 0. The molecule has 5 nitrogen and oxygen atoms in total. The molecule has 0 radical (unpaired) electrons. The molecule has 1 aromatic heterocycles. The quantitative estimate of drug-likeness (QED) is 0.563. The minimum atomic E-state index is -0.959. The monoisotopic (exact) mass is 352 g/mol. The Balaban J connectivity index is 1.66. The number of aromatic amines is 1. The first-order chi connectivity index (χ1) is 12.7. The Kier molecular flexibility index (Phi) is 4.78. The Labute approximate surface area is 152 Å². The molecule has 0 aliphatic carbocycles. The van der Waals surface area contributed by atoms with E-state index in [4.69, 9.17) is 0 Å². The van der Waals surface area contributed by atoms with Crippen molar-refractivity contribution in [3.63, 3.8) is 0 Å². The zero-order chi connectivity index (χ0) is 18.1. The first-order valence-corrected chi connectivity index (χ1v) is 9.00. The van der Waals surface area contributed by atoms with Gasteiger partial charge in [0.15, 0.2) is 0 Å². The Morgan fingerprint density at radius 1 is 0.885 bits per heavy atom. The molecule has 4 N–H and O–H groups in total. The summed E-state index contributed by atoms with van der Waals surface area (Å²) in [4.78, 5) is 5.26. The van der Waals surface area contributed by atoms with Gasteiger partial charge in [-0.2, -0.15) is 0 Å². The van der Waals surface area contributed by atoms with Gasteiger partial charge < -0.3 is 20.3 Å². The van der Waals surface area contributed by atoms with Crippen LogP contribution in [-0.4, -0.2) is 56.1 Å². The molecule has 3 aromatic rings. The van der Waals surface area contributed by atoms with Crippen molar-refractivity contribution >= 4 is 10.9 Å². The molecule has 2 aromatic carbocycles. The first-order valence-electron chi connectivity index (χ1n) is 9.00. The Hall–Kier alpha value is -2.18. The van der Waals surface area contributed by atoms with Crippen LogP contribution < -0.4 is 0 Å². The van der Waals surface area contributed by atoms with Crippen molar-refractivity contribution in [3.8, 4) is 0 Å². The number of aromatic nitrogens is 1. The SMILES string of the molecule is OC[C@@H]1[C@@H](O)[C@@H](O)[C@H](Cc2ccccc2)N1Cc1cccc2[nH]ccc12. The Morgan fingerprint density at radius 3 is 2.42 bits per heavy atom. The fourth-order valence-electron chi connectivity index (χ4n) is 4.12. The van der Waals surface area contributed by atoms with E-state index >= 15 is 0 Å². The zero-order valence-electron chi connectivity index (χ0n) is 14.5. The topological polar surface area (TPSA) is 79.7 Å².